The normalized spacial score (nSPS) is 16.3. The van der Waals surface area contributed by atoms with E-state index in [1.807, 2.05) is 0 Å². The van der Waals surface area contributed by atoms with Gasteiger partial charge in [-0.25, -0.2) is 9.97 Å². The van der Waals surface area contributed by atoms with Crippen LogP contribution in [0, 0.1) is 22.7 Å². The Morgan fingerprint density at radius 3 is 1.55 bits per heavy atom. The van der Waals surface area contributed by atoms with Crippen molar-refractivity contribution in [2.75, 3.05) is 51.6 Å². The van der Waals surface area contributed by atoms with Crippen molar-refractivity contribution in [3.05, 3.63) is 102 Å². The number of hydrogen-bond acceptors (Lipinski definition) is 24. The molecular weight excluding hydrogens is 1700 g/mol. The summed E-state index contributed by atoms with van der Waals surface area (Å²) >= 11 is 4.01. The largest absolute Gasteiger partial charge is 0.508 e. The van der Waals surface area contributed by atoms with Crippen LogP contribution in [-0.2, 0) is 107 Å². The summed E-state index contributed by atoms with van der Waals surface area (Å²) in [6.45, 7) is 5.79. The van der Waals surface area contributed by atoms with Crippen LogP contribution in [0.5, 0.6) is 5.75 Å². The average Bonchev–Trinajstić information content (AvgIpc) is 1.72. The number of fused-ring (bicyclic) bond motifs is 1. The molecule has 0 spiro atoms. The molecule has 0 radical (unpaired) electrons. The topological polar surface area (TPSA) is 743 Å². The highest BCUT2D eigenvalue weighted by Crippen LogP contribution is 2.25. The van der Waals surface area contributed by atoms with Crippen LogP contribution < -0.4 is 103 Å². The highest BCUT2D eigenvalue weighted by atomic mass is 32.1. The van der Waals surface area contributed by atoms with Gasteiger partial charge in [-0.15, -0.1) is 0 Å². The van der Waals surface area contributed by atoms with Gasteiger partial charge in [0.15, 0.2) is 11.9 Å². The van der Waals surface area contributed by atoms with Crippen LogP contribution in [-0.4, -0.2) is 287 Å². The van der Waals surface area contributed by atoms with Crippen molar-refractivity contribution in [3.8, 4) is 5.75 Å². The Balaban J connectivity index is 1.05. The molecule has 2 aliphatic rings. The molecule has 2 aromatic carbocycles. The van der Waals surface area contributed by atoms with E-state index in [4.69, 9.17) is 38.9 Å². The molecule has 2 saturated heterocycles. The number of nitrogens with two attached hydrogens (primary N) is 4. The highest BCUT2D eigenvalue weighted by molar-refractivity contribution is 7.80. The summed E-state index contributed by atoms with van der Waals surface area (Å²) in [4.78, 5) is 257. The van der Waals surface area contributed by atoms with Gasteiger partial charge in [-0.2, -0.15) is 12.6 Å². The molecule has 30 N–H and O–H groups in total. The fourth-order valence-electron chi connectivity index (χ4n) is 14.4. The van der Waals surface area contributed by atoms with Crippen molar-refractivity contribution in [1.29, 1.82) is 10.8 Å². The van der Waals surface area contributed by atoms with E-state index >= 15 is 0 Å². The van der Waals surface area contributed by atoms with Gasteiger partial charge in [0.05, 0.1) is 49.6 Å². The summed E-state index contributed by atoms with van der Waals surface area (Å²) in [6.07, 6.45) is 6.13. The fourth-order valence-corrected chi connectivity index (χ4v) is 14.6. The molecular formula is C81H118N28O19S. The van der Waals surface area contributed by atoms with Crippen molar-refractivity contribution in [1.82, 2.24) is 114 Å². The first-order valence-electron chi connectivity index (χ1n) is 42.1. The van der Waals surface area contributed by atoms with Crippen molar-refractivity contribution < 1.29 is 91.7 Å². The molecule has 0 unspecified atom stereocenters. The summed E-state index contributed by atoms with van der Waals surface area (Å²) in [5.74, 6) is -18.1. The lowest BCUT2D eigenvalue weighted by Crippen LogP contribution is -2.62. The number of amides is 16. The fraction of sp³-hybridized carbons (Fsp3) is 0.519. The van der Waals surface area contributed by atoms with Crippen LogP contribution in [0.2, 0.25) is 0 Å². The standard InChI is InChI=1S/C81H118N28O19S/c1-6-42(4)66(77(126)101-52(15-9-23-90-80(84)85)68(117)94-36-63(113)100-56(29-46-33-88-39-96-46)71(120)103-55(28-45-32-92-51-14-8-7-13-49(45)51)69(118)98-43(5)78(127)108-25-11-17-59(108)74(123)95-37-64(114)115)107-73(122)58(31-61(83)111)104-72(121)57(30-47-34-89-40-97-47)105-76(125)65(41(2)3)106-75(124)60-18-12-26-109(60)79(128)53(16-10-24-91-81(86)87)102-70(119)54(27-44-19-21-48(110)22-20-44)99-62(112)35-93-67(116)50(82)38-129/h7-8,13-14,19-22,32-34,39-43,50,52-60,65-66,92,110,129H,6,9-12,15-18,23-31,35-38,82H2,1-5H3,(H2,83,111)(H,88,96)(H,89,97)(H,93,116)(H,94,117)(H,95,123)(H,98,118)(H,99,112)(H,100,113)(H,101,126)(H,102,119)(H,103,120)(H,104,121)(H,105,125)(H,106,124)(H,107,122)(H,114,115)(H4,84,85,90)(H4,86,87,91)/t42-,43-,50-,52-,53-,54-,55-,56-,57-,58-,59-,60-,65-,66-/m0/s1. The Bertz CT molecular complexity index is 4760. The minimum absolute atomic E-state index is 0.00771. The molecule has 2 fully saturated rings. The van der Waals surface area contributed by atoms with Crippen molar-refractivity contribution >= 4 is 136 Å². The predicted molar refractivity (Wildman–Crippen MR) is 468 cm³/mol. The number of imidazole rings is 2. The number of phenolic OH excluding ortho intramolecular Hbond substituents is 1. The van der Waals surface area contributed by atoms with E-state index in [1.54, 1.807) is 58.2 Å². The number of phenols is 1. The molecule has 14 atom stereocenters. The van der Waals surface area contributed by atoms with Crippen LogP contribution >= 0.6 is 12.6 Å². The first-order valence-corrected chi connectivity index (χ1v) is 42.7. The number of aromatic amines is 3. The van der Waals surface area contributed by atoms with Gasteiger partial charge in [0.25, 0.3) is 0 Å². The number of para-hydroxylation sites is 1. The zero-order valence-electron chi connectivity index (χ0n) is 72.1. The van der Waals surface area contributed by atoms with Crippen molar-refractivity contribution in [3.63, 3.8) is 0 Å². The number of benzene rings is 2. The Hall–Kier alpha value is -14.0. The molecule has 702 valence electrons. The van der Waals surface area contributed by atoms with Crippen molar-refractivity contribution in [2.24, 2.45) is 34.8 Å². The third-order valence-electron chi connectivity index (χ3n) is 21.5. The number of aromatic hydroxyl groups is 1. The molecule has 48 heteroatoms. The summed E-state index contributed by atoms with van der Waals surface area (Å²) in [5, 5.41) is 73.7. The molecule has 16 amide bonds. The van der Waals surface area contributed by atoms with E-state index in [0.29, 0.717) is 28.5 Å². The van der Waals surface area contributed by atoms with Gasteiger partial charge in [-0.3, -0.25) is 92.3 Å². The third-order valence-corrected chi connectivity index (χ3v) is 21.9. The quantitative estimate of drug-likeness (QED) is 0.00745. The molecule has 2 aliphatic heterocycles. The monoisotopic (exact) mass is 1820 g/mol. The summed E-state index contributed by atoms with van der Waals surface area (Å²) in [5.41, 5.74) is 24.7. The van der Waals surface area contributed by atoms with Gasteiger partial charge < -0.3 is 138 Å². The minimum Gasteiger partial charge on any atom is -0.508 e. The number of nitrogens with zero attached hydrogens (tertiary/aromatic N) is 4. The van der Waals surface area contributed by atoms with Crippen LogP contribution in [0.25, 0.3) is 10.9 Å². The molecule has 5 aromatic rings. The van der Waals surface area contributed by atoms with Gasteiger partial charge in [-0.1, -0.05) is 64.4 Å². The maximum absolute atomic E-state index is 14.9. The molecule has 5 heterocycles. The van der Waals surface area contributed by atoms with E-state index in [2.05, 4.69) is 117 Å². The number of aliphatic carboxylic acids is 1. The number of guanidine groups is 2. The molecule has 129 heavy (non-hydrogen) atoms. The lowest BCUT2D eigenvalue weighted by atomic mass is 9.96. The molecule has 47 nitrogen and oxygen atoms in total. The first kappa shape index (κ1) is 102. The number of likely N-dealkylation sites (tertiary alicyclic amines) is 2. The smallest absolute Gasteiger partial charge is 0.322 e. The van der Waals surface area contributed by atoms with E-state index in [0.717, 1.165) is 0 Å². The summed E-state index contributed by atoms with van der Waals surface area (Å²) in [6, 6.07) is -5.68. The Morgan fingerprint density at radius 2 is 1.01 bits per heavy atom. The second kappa shape index (κ2) is 50.4. The number of carboxylic acids is 1. The van der Waals surface area contributed by atoms with Gasteiger partial charge in [-0.05, 0) is 99.5 Å². The van der Waals surface area contributed by atoms with Gasteiger partial charge in [0.2, 0.25) is 94.5 Å². The number of carbonyl (C=O) groups excluding carboxylic acids is 16. The number of H-pyrrole nitrogens is 3. The number of carboxylic acid groups (broad SMARTS) is 1. The minimum atomic E-state index is -1.88. The van der Waals surface area contributed by atoms with E-state index in [1.165, 1.54) is 66.0 Å². The molecule has 7 rings (SSSR count). The molecule has 3 aromatic heterocycles. The van der Waals surface area contributed by atoms with Crippen LogP contribution in [0.1, 0.15) is 121 Å². The molecule has 0 bridgehead atoms. The molecule has 0 saturated carbocycles. The number of aromatic nitrogens is 5. The number of hydrogen-bond donors (Lipinski definition) is 27. The lowest BCUT2D eigenvalue weighted by Gasteiger charge is -2.32. The summed E-state index contributed by atoms with van der Waals surface area (Å²) in [7, 11) is 0. The number of primary amides is 1. The predicted octanol–water partition coefficient (Wildman–Crippen LogP) is -6.77. The number of carbonyl (C=O) groups is 17. The lowest BCUT2D eigenvalue weighted by molar-refractivity contribution is -0.143. The van der Waals surface area contributed by atoms with Crippen LogP contribution in [0.3, 0.4) is 0 Å². The van der Waals surface area contributed by atoms with E-state index < -0.39 is 223 Å². The number of nitrogens with one attached hydrogen (secondary N) is 20. The number of thiol groups is 1. The molecule has 0 aliphatic carbocycles. The highest BCUT2D eigenvalue weighted by Gasteiger charge is 2.43. The maximum Gasteiger partial charge on any atom is 0.322 e. The van der Waals surface area contributed by atoms with Gasteiger partial charge in [0.1, 0.15) is 84.8 Å². The Kier molecular flexibility index (Phi) is 39.9. The number of rotatable bonds is 51. The van der Waals surface area contributed by atoms with E-state index in [9.17, 15) is 86.6 Å². The maximum atomic E-state index is 14.9. The van der Waals surface area contributed by atoms with Crippen LogP contribution in [0.15, 0.2) is 79.8 Å². The second-order valence-electron chi connectivity index (χ2n) is 31.7. The van der Waals surface area contributed by atoms with Gasteiger partial charge >= 0.3 is 5.97 Å². The Morgan fingerprint density at radius 1 is 0.519 bits per heavy atom. The SMILES string of the molecule is CC[C@H](C)[C@H](NC(=O)[C@H](CC(N)=O)NC(=O)[C@H](Cc1c[nH]cn1)NC(=O)[C@@H](NC(=O)[C@@H]1CCCN1C(=O)[C@H](CCCNC(=N)N)NC(=O)[C@H](Cc1ccc(O)cc1)NC(=O)CNC(=O)[C@@H](N)CS)C(C)C)C(=O)N[C@@H](CCCNC(=N)N)C(=O)NCC(=O)N[C@@H](Cc1c[nH]cn1)C(=O)N[C@@H](Cc1c[nH]c2ccccc12)C(=O)N[C@@H](C)C(=O)N1CCC[C@H]1C(=O)NCC(=O)O. The summed E-state index contributed by atoms with van der Waals surface area (Å²) < 4.78 is 0. The second-order valence-corrected chi connectivity index (χ2v) is 32.1. The third kappa shape index (κ3) is 32.1. The zero-order chi connectivity index (χ0) is 94.7. The first-order chi connectivity index (χ1) is 61.3. The van der Waals surface area contributed by atoms with Crippen molar-refractivity contribution in [2.45, 2.75) is 203 Å². The van der Waals surface area contributed by atoms with Crippen LogP contribution in [0.4, 0.5) is 0 Å². The van der Waals surface area contributed by atoms with Gasteiger partial charge in [0, 0.05) is 87.1 Å². The Labute approximate surface area is 747 Å². The van der Waals surface area contributed by atoms with E-state index in [-0.39, 0.29) is 132 Å². The average molecular weight is 1820 g/mol. The zero-order valence-corrected chi connectivity index (χ0v) is 73.0.